The number of aromatic nitrogens is 1. The van der Waals surface area contributed by atoms with Crippen LogP contribution in [0.2, 0.25) is 5.15 Å². The number of pyridine rings is 1. The van der Waals surface area contributed by atoms with Crippen molar-refractivity contribution >= 4 is 34.5 Å². The van der Waals surface area contributed by atoms with E-state index in [4.69, 9.17) is 11.6 Å². The summed E-state index contributed by atoms with van der Waals surface area (Å²) < 4.78 is 0. The number of carbonyl (C=O) groups is 1. The molecule has 2 atom stereocenters. The smallest absolute Gasteiger partial charge is 0.226 e. The summed E-state index contributed by atoms with van der Waals surface area (Å²) in [6, 6.07) is 5.23. The molecule has 2 aromatic rings. The lowest BCUT2D eigenvalue weighted by Crippen LogP contribution is -2.33. The molecule has 2 unspecified atom stereocenters. The summed E-state index contributed by atoms with van der Waals surface area (Å²) in [6.07, 6.45) is 1.28. The Bertz CT molecular complexity index is 607. The van der Waals surface area contributed by atoms with Crippen LogP contribution in [0.15, 0.2) is 35.2 Å². The van der Waals surface area contributed by atoms with E-state index in [-0.39, 0.29) is 23.5 Å². The first-order valence-corrected chi connectivity index (χ1v) is 8.22. The number of aliphatic hydroxyl groups excluding tert-OH is 1. The van der Waals surface area contributed by atoms with Crippen LogP contribution in [-0.2, 0) is 4.79 Å². The van der Waals surface area contributed by atoms with Gasteiger partial charge in [0.2, 0.25) is 5.91 Å². The summed E-state index contributed by atoms with van der Waals surface area (Å²) in [5.74, 6) is -0.153. The highest BCUT2D eigenvalue weighted by atomic mass is 35.5. The molecule has 7 heteroatoms. The second kappa shape index (κ2) is 8.24. The number of hydrogen-bond donors (Lipinski definition) is 3. The van der Waals surface area contributed by atoms with E-state index in [2.05, 4.69) is 15.6 Å². The zero-order chi connectivity index (χ0) is 15.9. The van der Waals surface area contributed by atoms with E-state index < -0.39 is 6.10 Å². The molecule has 0 fully saturated rings. The highest BCUT2D eigenvalue weighted by Crippen LogP contribution is 2.18. The molecule has 1 amide bonds. The second-order valence-corrected chi connectivity index (χ2v) is 6.11. The van der Waals surface area contributed by atoms with E-state index >= 15 is 0 Å². The molecule has 0 saturated heterocycles. The fraction of sp³-hybridized carbons (Fsp3) is 0.333. The molecule has 0 aliphatic rings. The van der Waals surface area contributed by atoms with Crippen molar-refractivity contribution in [2.45, 2.75) is 25.5 Å². The number of amides is 1. The fourth-order valence-corrected chi connectivity index (χ4v) is 2.80. The average Bonchev–Trinajstić information content (AvgIpc) is 3.01. The van der Waals surface area contributed by atoms with Crippen LogP contribution in [0, 0.1) is 0 Å². The Kier molecular flexibility index (Phi) is 6.33. The fourth-order valence-electron chi connectivity index (χ4n) is 1.93. The largest absolute Gasteiger partial charge is 0.387 e. The molecule has 22 heavy (non-hydrogen) atoms. The molecule has 0 aromatic carbocycles. The Morgan fingerprint density at radius 2 is 2.32 bits per heavy atom. The molecule has 2 heterocycles. The zero-order valence-electron chi connectivity index (χ0n) is 12.1. The zero-order valence-corrected chi connectivity index (χ0v) is 13.7. The molecule has 3 N–H and O–H groups in total. The van der Waals surface area contributed by atoms with Crippen LogP contribution >= 0.6 is 22.9 Å². The lowest BCUT2D eigenvalue weighted by atomic mass is 10.1. The minimum absolute atomic E-state index is 0.0660. The molecule has 2 aromatic heterocycles. The van der Waals surface area contributed by atoms with Crippen molar-refractivity contribution in [1.82, 2.24) is 10.3 Å². The van der Waals surface area contributed by atoms with Crippen LogP contribution in [0.5, 0.6) is 0 Å². The van der Waals surface area contributed by atoms with Gasteiger partial charge in [-0.25, -0.2) is 4.98 Å². The minimum atomic E-state index is -0.565. The van der Waals surface area contributed by atoms with Crippen molar-refractivity contribution in [1.29, 1.82) is 0 Å². The number of hydrogen-bond acceptors (Lipinski definition) is 5. The topological polar surface area (TPSA) is 74.2 Å². The molecule has 2 rings (SSSR count). The van der Waals surface area contributed by atoms with Crippen molar-refractivity contribution in [3.8, 4) is 0 Å². The first-order chi connectivity index (χ1) is 10.6. The van der Waals surface area contributed by atoms with Gasteiger partial charge in [0.05, 0.1) is 11.8 Å². The number of anilines is 1. The van der Waals surface area contributed by atoms with Gasteiger partial charge in [0.1, 0.15) is 0 Å². The summed E-state index contributed by atoms with van der Waals surface area (Å²) in [6.45, 7) is 2.30. The van der Waals surface area contributed by atoms with Gasteiger partial charge in [-0.2, -0.15) is 11.3 Å². The Balaban J connectivity index is 1.76. The van der Waals surface area contributed by atoms with E-state index in [9.17, 15) is 9.90 Å². The number of nitrogens with one attached hydrogen (secondary N) is 2. The monoisotopic (exact) mass is 339 g/mol. The van der Waals surface area contributed by atoms with Gasteiger partial charge in [-0.3, -0.25) is 4.79 Å². The molecule has 0 bridgehead atoms. The van der Waals surface area contributed by atoms with Crippen molar-refractivity contribution in [3.63, 3.8) is 0 Å². The van der Waals surface area contributed by atoms with E-state index in [1.807, 2.05) is 23.8 Å². The molecular formula is C15H18ClN3O2S. The summed E-state index contributed by atoms with van der Waals surface area (Å²) in [5.41, 5.74) is 1.39. The minimum Gasteiger partial charge on any atom is -0.387 e. The molecule has 0 saturated carbocycles. The van der Waals surface area contributed by atoms with Gasteiger partial charge in [-0.15, -0.1) is 0 Å². The predicted octanol–water partition coefficient (Wildman–Crippen LogP) is 2.84. The van der Waals surface area contributed by atoms with Gasteiger partial charge < -0.3 is 15.7 Å². The van der Waals surface area contributed by atoms with E-state index in [1.165, 1.54) is 0 Å². The normalized spacial score (nSPS) is 13.6. The highest BCUT2D eigenvalue weighted by molar-refractivity contribution is 7.07. The Labute approximate surface area is 138 Å². The van der Waals surface area contributed by atoms with Crippen LogP contribution < -0.4 is 10.6 Å². The summed E-state index contributed by atoms with van der Waals surface area (Å²) in [4.78, 5) is 15.9. The summed E-state index contributed by atoms with van der Waals surface area (Å²) >= 11 is 7.44. The van der Waals surface area contributed by atoms with Crippen molar-refractivity contribution in [2.24, 2.45) is 0 Å². The summed E-state index contributed by atoms with van der Waals surface area (Å²) in [7, 11) is 0. The van der Waals surface area contributed by atoms with E-state index in [0.29, 0.717) is 12.2 Å². The van der Waals surface area contributed by atoms with Crippen LogP contribution in [0.3, 0.4) is 0 Å². The van der Waals surface area contributed by atoms with Crippen LogP contribution in [0.4, 0.5) is 5.69 Å². The number of aliphatic hydroxyl groups is 1. The third kappa shape index (κ3) is 5.06. The quantitative estimate of drug-likeness (QED) is 0.678. The first kappa shape index (κ1) is 16.9. The van der Waals surface area contributed by atoms with Crippen molar-refractivity contribution in [2.75, 3.05) is 11.9 Å². The predicted molar refractivity (Wildman–Crippen MR) is 89.2 cm³/mol. The lowest BCUT2D eigenvalue weighted by Gasteiger charge is -2.16. The van der Waals surface area contributed by atoms with Crippen molar-refractivity contribution < 1.29 is 9.90 Å². The second-order valence-electron chi connectivity index (χ2n) is 4.98. The third-order valence-electron chi connectivity index (χ3n) is 3.11. The molecule has 118 valence electrons. The number of thiophene rings is 1. The van der Waals surface area contributed by atoms with Crippen LogP contribution in [0.1, 0.15) is 25.0 Å². The maximum atomic E-state index is 12.0. The number of halogens is 1. The molecular weight excluding hydrogens is 322 g/mol. The Hall–Kier alpha value is -1.47. The van der Waals surface area contributed by atoms with Gasteiger partial charge in [0, 0.05) is 25.2 Å². The molecule has 0 aliphatic carbocycles. The van der Waals surface area contributed by atoms with E-state index in [0.717, 1.165) is 5.56 Å². The van der Waals surface area contributed by atoms with Gasteiger partial charge in [0.15, 0.2) is 5.15 Å². The lowest BCUT2D eigenvalue weighted by molar-refractivity contribution is -0.116. The third-order valence-corrected chi connectivity index (χ3v) is 4.12. The summed E-state index contributed by atoms with van der Waals surface area (Å²) in [5, 5.41) is 20.0. The van der Waals surface area contributed by atoms with Crippen LogP contribution in [0.25, 0.3) is 0 Å². The maximum Gasteiger partial charge on any atom is 0.226 e. The highest BCUT2D eigenvalue weighted by Gasteiger charge is 2.13. The molecule has 5 nitrogen and oxygen atoms in total. The number of rotatable bonds is 7. The van der Waals surface area contributed by atoms with Gasteiger partial charge in [-0.05, 0) is 41.4 Å². The Morgan fingerprint density at radius 3 is 3.00 bits per heavy atom. The molecule has 0 radical (unpaired) electrons. The SMILES string of the molecule is CC(CC(=O)Nc1cccnc1Cl)NCC(O)c1ccsc1. The first-order valence-electron chi connectivity index (χ1n) is 6.90. The number of carbonyl (C=O) groups excluding carboxylic acids is 1. The van der Waals surface area contributed by atoms with Crippen molar-refractivity contribution in [3.05, 3.63) is 45.9 Å². The maximum absolute atomic E-state index is 12.0. The molecule has 0 aliphatic heterocycles. The van der Waals surface area contributed by atoms with E-state index in [1.54, 1.807) is 29.7 Å². The number of nitrogens with zero attached hydrogens (tertiary/aromatic N) is 1. The molecule has 0 spiro atoms. The average molecular weight is 340 g/mol. The van der Waals surface area contributed by atoms with Crippen LogP contribution in [-0.4, -0.2) is 28.6 Å². The van der Waals surface area contributed by atoms with Gasteiger partial charge in [-0.1, -0.05) is 11.6 Å². The van der Waals surface area contributed by atoms with Gasteiger partial charge >= 0.3 is 0 Å². The Morgan fingerprint density at radius 1 is 1.50 bits per heavy atom. The van der Waals surface area contributed by atoms with Gasteiger partial charge in [0.25, 0.3) is 0 Å². The standard InChI is InChI=1S/C15H18ClN3O2S/c1-10(18-8-13(20)11-4-6-22-9-11)7-14(21)19-12-3-2-5-17-15(12)16/h2-6,9-10,13,18,20H,7-8H2,1H3,(H,19,21).